The summed E-state index contributed by atoms with van der Waals surface area (Å²) in [6, 6.07) is 6.95. The van der Waals surface area contributed by atoms with Gasteiger partial charge in [0.2, 0.25) is 17.6 Å². The van der Waals surface area contributed by atoms with Gasteiger partial charge in [-0.05, 0) is 38.1 Å². The Labute approximate surface area is 156 Å². The first-order valence-corrected chi connectivity index (χ1v) is 8.50. The van der Waals surface area contributed by atoms with E-state index in [0.29, 0.717) is 30.5 Å². The number of ether oxygens (including phenoxy) is 2. The van der Waals surface area contributed by atoms with Crippen LogP contribution in [0.1, 0.15) is 13.8 Å². The summed E-state index contributed by atoms with van der Waals surface area (Å²) >= 11 is 0. The van der Waals surface area contributed by atoms with Crippen LogP contribution in [0.2, 0.25) is 0 Å². The maximum absolute atomic E-state index is 11.5. The molecule has 1 aliphatic heterocycles. The molecule has 0 aliphatic carbocycles. The standard InChI is InChI=1S/C17H22N6O4/c1-10-8-22(9-11(2)27-10)17-20-15(18)14(23(24)25)16(21-17)19-12-4-6-13(26-3)7-5-12/h4-7,10-11H,8-9H2,1-3H3,(H3,18,19,20,21). The van der Waals surface area contributed by atoms with Gasteiger partial charge in [0.1, 0.15) is 5.75 Å². The van der Waals surface area contributed by atoms with E-state index < -0.39 is 4.92 Å². The highest BCUT2D eigenvalue weighted by Gasteiger charge is 2.29. The van der Waals surface area contributed by atoms with E-state index in [0.717, 1.165) is 0 Å². The Hall–Kier alpha value is -3.14. The van der Waals surface area contributed by atoms with Crippen LogP contribution in [0.4, 0.5) is 29.0 Å². The fourth-order valence-corrected chi connectivity index (χ4v) is 3.02. The Kier molecular flexibility index (Phi) is 5.26. The van der Waals surface area contributed by atoms with E-state index in [4.69, 9.17) is 15.2 Å². The minimum Gasteiger partial charge on any atom is -0.497 e. The molecular weight excluding hydrogens is 352 g/mol. The van der Waals surface area contributed by atoms with Crippen LogP contribution in [0.5, 0.6) is 5.75 Å². The topological polar surface area (TPSA) is 129 Å². The lowest BCUT2D eigenvalue weighted by molar-refractivity contribution is -0.383. The van der Waals surface area contributed by atoms with Gasteiger partial charge < -0.3 is 25.4 Å². The van der Waals surface area contributed by atoms with E-state index in [1.165, 1.54) is 0 Å². The predicted octanol–water partition coefficient (Wildman–Crippen LogP) is 2.33. The number of nitrogen functional groups attached to an aromatic ring is 1. The lowest BCUT2D eigenvalue weighted by atomic mass is 10.2. The van der Waals surface area contributed by atoms with Crippen molar-refractivity contribution in [1.29, 1.82) is 0 Å². The van der Waals surface area contributed by atoms with Gasteiger partial charge in [0.15, 0.2) is 0 Å². The van der Waals surface area contributed by atoms with E-state index in [9.17, 15) is 10.1 Å². The highest BCUT2D eigenvalue weighted by atomic mass is 16.6. The smallest absolute Gasteiger partial charge is 0.353 e. The van der Waals surface area contributed by atoms with Crippen molar-refractivity contribution < 1.29 is 14.4 Å². The van der Waals surface area contributed by atoms with Crippen LogP contribution in [-0.4, -0.2) is 47.3 Å². The molecule has 0 radical (unpaired) electrons. The summed E-state index contributed by atoms with van der Waals surface area (Å²) in [5, 5.41) is 14.4. The Bertz CT molecular complexity index is 819. The Balaban J connectivity index is 1.96. The molecule has 1 fully saturated rings. The largest absolute Gasteiger partial charge is 0.497 e. The molecule has 1 aromatic heterocycles. The lowest BCUT2D eigenvalue weighted by Gasteiger charge is -2.35. The fourth-order valence-electron chi connectivity index (χ4n) is 3.02. The molecule has 3 N–H and O–H groups in total. The molecule has 0 spiro atoms. The average Bonchev–Trinajstić information content (AvgIpc) is 2.60. The third kappa shape index (κ3) is 4.17. The number of nitrogens with two attached hydrogens (primary N) is 1. The summed E-state index contributed by atoms with van der Waals surface area (Å²) in [7, 11) is 1.56. The third-order valence-corrected chi connectivity index (χ3v) is 4.14. The average molecular weight is 374 g/mol. The second-order valence-electron chi connectivity index (χ2n) is 6.38. The van der Waals surface area contributed by atoms with Gasteiger partial charge in [-0.2, -0.15) is 9.97 Å². The third-order valence-electron chi connectivity index (χ3n) is 4.14. The van der Waals surface area contributed by atoms with E-state index >= 15 is 0 Å². The van der Waals surface area contributed by atoms with Crippen molar-refractivity contribution in [2.75, 3.05) is 36.1 Å². The summed E-state index contributed by atoms with van der Waals surface area (Å²) in [5.74, 6) is 0.859. The number of hydrogen-bond donors (Lipinski definition) is 2. The molecule has 0 amide bonds. The lowest BCUT2D eigenvalue weighted by Crippen LogP contribution is -2.46. The number of aromatic nitrogens is 2. The summed E-state index contributed by atoms with van der Waals surface area (Å²) in [5.41, 5.74) is 6.15. The van der Waals surface area contributed by atoms with Gasteiger partial charge in [0.05, 0.1) is 24.2 Å². The summed E-state index contributed by atoms with van der Waals surface area (Å²) in [6.07, 6.45) is -0.0153. The van der Waals surface area contributed by atoms with E-state index in [-0.39, 0.29) is 29.5 Å². The summed E-state index contributed by atoms with van der Waals surface area (Å²) < 4.78 is 10.8. The van der Waals surface area contributed by atoms with Crippen molar-refractivity contribution in [2.45, 2.75) is 26.1 Å². The second kappa shape index (κ2) is 7.62. The second-order valence-corrected chi connectivity index (χ2v) is 6.38. The predicted molar refractivity (Wildman–Crippen MR) is 102 cm³/mol. The number of anilines is 4. The van der Waals surface area contributed by atoms with Gasteiger partial charge >= 0.3 is 5.69 Å². The normalized spacial score (nSPS) is 19.6. The van der Waals surface area contributed by atoms with Crippen molar-refractivity contribution >= 4 is 29.0 Å². The fraction of sp³-hybridized carbons (Fsp3) is 0.412. The summed E-state index contributed by atoms with van der Waals surface area (Å²) in [6.45, 7) is 5.05. The minimum atomic E-state index is -0.588. The van der Waals surface area contributed by atoms with Crippen LogP contribution >= 0.6 is 0 Å². The first-order chi connectivity index (χ1) is 12.9. The van der Waals surface area contributed by atoms with Gasteiger partial charge in [-0.15, -0.1) is 0 Å². The molecule has 0 bridgehead atoms. The van der Waals surface area contributed by atoms with Crippen molar-refractivity contribution in [2.24, 2.45) is 0 Å². The molecule has 0 saturated carbocycles. The molecule has 10 heteroatoms. The number of hydrogen-bond acceptors (Lipinski definition) is 9. The zero-order chi connectivity index (χ0) is 19.6. The van der Waals surface area contributed by atoms with E-state index in [2.05, 4.69) is 15.3 Å². The maximum atomic E-state index is 11.5. The SMILES string of the molecule is COc1ccc(Nc2nc(N3CC(C)OC(C)C3)nc(N)c2[N+](=O)[O-])cc1. The van der Waals surface area contributed by atoms with Gasteiger partial charge in [-0.3, -0.25) is 10.1 Å². The number of rotatable bonds is 5. The van der Waals surface area contributed by atoms with Crippen molar-refractivity contribution in [3.8, 4) is 5.75 Å². The molecule has 10 nitrogen and oxygen atoms in total. The molecule has 3 rings (SSSR count). The molecule has 1 aliphatic rings. The molecule has 2 aromatic rings. The number of methoxy groups -OCH3 is 1. The Morgan fingerprint density at radius 2 is 1.89 bits per heavy atom. The van der Waals surface area contributed by atoms with Crippen molar-refractivity contribution in [3.63, 3.8) is 0 Å². The van der Waals surface area contributed by atoms with Crippen LogP contribution in [-0.2, 0) is 4.74 Å². The molecule has 1 aromatic carbocycles. The number of benzene rings is 1. The molecule has 144 valence electrons. The van der Waals surface area contributed by atoms with Crippen LogP contribution in [0, 0.1) is 10.1 Å². The number of nitrogens with one attached hydrogen (secondary N) is 1. The highest BCUT2D eigenvalue weighted by molar-refractivity contribution is 5.74. The van der Waals surface area contributed by atoms with E-state index in [1.54, 1.807) is 31.4 Å². The molecule has 2 atom stereocenters. The van der Waals surface area contributed by atoms with Crippen molar-refractivity contribution in [1.82, 2.24) is 9.97 Å². The monoisotopic (exact) mass is 374 g/mol. The summed E-state index contributed by atoms with van der Waals surface area (Å²) in [4.78, 5) is 21.3. The molecular formula is C17H22N6O4. The first kappa shape index (κ1) is 18.6. The molecule has 27 heavy (non-hydrogen) atoms. The van der Waals surface area contributed by atoms with E-state index in [1.807, 2.05) is 18.7 Å². The van der Waals surface area contributed by atoms with Gasteiger partial charge in [-0.1, -0.05) is 0 Å². The Morgan fingerprint density at radius 1 is 1.26 bits per heavy atom. The van der Waals surface area contributed by atoms with Crippen molar-refractivity contribution in [3.05, 3.63) is 34.4 Å². The Morgan fingerprint density at radius 3 is 2.44 bits per heavy atom. The molecule has 2 unspecified atom stereocenters. The van der Waals surface area contributed by atoms with Crippen LogP contribution in [0.25, 0.3) is 0 Å². The van der Waals surface area contributed by atoms with Gasteiger partial charge in [0, 0.05) is 18.8 Å². The molecule has 2 heterocycles. The molecule has 1 saturated heterocycles. The maximum Gasteiger partial charge on any atom is 0.353 e. The highest BCUT2D eigenvalue weighted by Crippen LogP contribution is 2.33. The zero-order valence-corrected chi connectivity index (χ0v) is 15.4. The number of morpholine rings is 1. The van der Waals surface area contributed by atoms with Gasteiger partial charge in [-0.25, -0.2) is 0 Å². The number of nitrogens with zero attached hydrogens (tertiary/aromatic N) is 4. The van der Waals surface area contributed by atoms with Crippen LogP contribution in [0.3, 0.4) is 0 Å². The van der Waals surface area contributed by atoms with Gasteiger partial charge in [0.25, 0.3) is 0 Å². The first-order valence-electron chi connectivity index (χ1n) is 8.50. The zero-order valence-electron chi connectivity index (χ0n) is 15.4. The quantitative estimate of drug-likeness (QED) is 0.598. The van der Waals surface area contributed by atoms with Crippen LogP contribution < -0.4 is 20.7 Å². The van der Waals surface area contributed by atoms with Crippen LogP contribution in [0.15, 0.2) is 24.3 Å². The number of nitro groups is 1. The minimum absolute atomic E-state index is 0.00763.